The quantitative estimate of drug-likeness (QED) is 0.766. The second-order valence-electron chi connectivity index (χ2n) is 7.44. The number of nitrogens with one attached hydrogen (secondary N) is 1. The third kappa shape index (κ3) is 1.95. The minimum Gasteiger partial charge on any atom is -0.311 e. The molecule has 0 aromatic heterocycles. The highest BCUT2D eigenvalue weighted by atomic mass is 15.0. The van der Waals surface area contributed by atoms with Crippen LogP contribution < -0.4 is 5.32 Å². The predicted octanol–water partition coefficient (Wildman–Crippen LogP) is 3.73. The highest BCUT2D eigenvalue weighted by Crippen LogP contribution is 2.55. The van der Waals surface area contributed by atoms with Gasteiger partial charge >= 0.3 is 0 Å². The minimum atomic E-state index is 0.880. The summed E-state index contributed by atoms with van der Waals surface area (Å²) in [6.07, 6.45) is 15.2. The summed E-state index contributed by atoms with van der Waals surface area (Å²) in [7, 11) is 0. The van der Waals surface area contributed by atoms with E-state index < -0.39 is 0 Å². The van der Waals surface area contributed by atoms with Crippen LogP contribution in [0, 0.1) is 23.7 Å². The zero-order valence-corrected chi connectivity index (χ0v) is 11.0. The number of rotatable bonds is 2. The lowest BCUT2D eigenvalue weighted by atomic mass is 9.70. The molecule has 4 rings (SSSR count). The molecule has 0 saturated heterocycles. The minimum absolute atomic E-state index is 0.880. The van der Waals surface area contributed by atoms with Gasteiger partial charge in [0.1, 0.15) is 0 Å². The highest BCUT2D eigenvalue weighted by molar-refractivity contribution is 5.01. The molecule has 5 atom stereocenters. The highest BCUT2D eigenvalue weighted by Gasteiger charge is 2.48. The molecular formula is C16H27N. The molecule has 0 spiro atoms. The Hall–Kier alpha value is -0.0400. The van der Waals surface area contributed by atoms with Crippen LogP contribution in [0.5, 0.6) is 0 Å². The van der Waals surface area contributed by atoms with E-state index in [4.69, 9.17) is 0 Å². The molecule has 96 valence electrons. The maximum Gasteiger partial charge on any atom is 0.0103 e. The summed E-state index contributed by atoms with van der Waals surface area (Å²) in [6.45, 7) is 0. The first-order chi connectivity index (χ1) is 8.38. The second kappa shape index (κ2) is 4.26. The van der Waals surface area contributed by atoms with E-state index in [2.05, 4.69) is 5.32 Å². The van der Waals surface area contributed by atoms with E-state index in [9.17, 15) is 0 Å². The number of fused-ring (bicyclic) bond motifs is 2. The van der Waals surface area contributed by atoms with Crippen LogP contribution in [0.1, 0.15) is 64.2 Å². The van der Waals surface area contributed by atoms with E-state index in [0.717, 1.165) is 35.8 Å². The van der Waals surface area contributed by atoms with E-state index in [1.807, 2.05) is 0 Å². The van der Waals surface area contributed by atoms with E-state index in [-0.39, 0.29) is 0 Å². The zero-order valence-electron chi connectivity index (χ0n) is 11.0. The molecule has 4 saturated carbocycles. The molecule has 0 heterocycles. The van der Waals surface area contributed by atoms with E-state index in [1.165, 1.54) is 38.5 Å². The van der Waals surface area contributed by atoms with Crippen LogP contribution in [0.25, 0.3) is 0 Å². The van der Waals surface area contributed by atoms with Crippen molar-refractivity contribution >= 4 is 0 Å². The summed E-state index contributed by atoms with van der Waals surface area (Å²) in [5.74, 6) is 4.41. The third-order valence-corrected chi connectivity index (χ3v) is 6.31. The lowest BCUT2D eigenvalue weighted by Crippen LogP contribution is -2.48. The predicted molar refractivity (Wildman–Crippen MR) is 70.8 cm³/mol. The standard InChI is InChI=1S/C16H27N/c1-2-4-14(5-3-1)17-16-10-12-6-11-7-13(8-12)15(16)9-11/h11-17H,1-10H2. The molecule has 1 N–H and O–H groups in total. The average Bonchev–Trinajstić information content (AvgIpc) is 2.57. The number of hydrogen-bond donors (Lipinski definition) is 1. The monoisotopic (exact) mass is 233 g/mol. The van der Waals surface area contributed by atoms with Crippen molar-refractivity contribution in [1.82, 2.24) is 5.32 Å². The van der Waals surface area contributed by atoms with Crippen molar-refractivity contribution in [2.75, 3.05) is 0 Å². The molecule has 1 heteroatoms. The van der Waals surface area contributed by atoms with E-state index >= 15 is 0 Å². The molecule has 5 unspecified atom stereocenters. The van der Waals surface area contributed by atoms with Gasteiger partial charge in [0, 0.05) is 12.1 Å². The van der Waals surface area contributed by atoms with Crippen molar-refractivity contribution in [3.8, 4) is 0 Å². The summed E-state index contributed by atoms with van der Waals surface area (Å²) in [6, 6.07) is 1.79. The molecule has 0 aromatic rings. The number of hydrogen-bond acceptors (Lipinski definition) is 1. The van der Waals surface area contributed by atoms with Crippen LogP contribution in [0.3, 0.4) is 0 Å². The lowest BCUT2D eigenvalue weighted by molar-refractivity contribution is 0.125. The Bertz CT molecular complexity index is 279. The van der Waals surface area contributed by atoms with Crippen molar-refractivity contribution in [3.05, 3.63) is 0 Å². The Morgan fingerprint density at radius 1 is 0.706 bits per heavy atom. The Morgan fingerprint density at radius 2 is 1.47 bits per heavy atom. The van der Waals surface area contributed by atoms with Gasteiger partial charge in [-0.25, -0.2) is 0 Å². The lowest BCUT2D eigenvalue weighted by Gasteiger charge is -2.42. The van der Waals surface area contributed by atoms with Gasteiger partial charge in [-0.05, 0) is 68.6 Å². The summed E-state index contributed by atoms with van der Waals surface area (Å²) in [5.41, 5.74) is 0. The molecule has 1 nitrogen and oxygen atoms in total. The molecule has 4 aliphatic rings. The Balaban J connectivity index is 1.44. The van der Waals surface area contributed by atoms with Crippen LogP contribution in [0.4, 0.5) is 0 Å². The van der Waals surface area contributed by atoms with Crippen LogP contribution in [0.2, 0.25) is 0 Å². The fourth-order valence-corrected chi connectivity index (χ4v) is 5.72. The largest absolute Gasteiger partial charge is 0.311 e. The van der Waals surface area contributed by atoms with Gasteiger partial charge < -0.3 is 5.32 Å². The SMILES string of the molecule is C1CCC(NC2CC3CC4CC(C3)C2C4)CC1. The zero-order chi connectivity index (χ0) is 11.2. The maximum absolute atomic E-state index is 4.09. The van der Waals surface area contributed by atoms with Crippen molar-refractivity contribution in [1.29, 1.82) is 0 Å². The van der Waals surface area contributed by atoms with Gasteiger partial charge in [-0.15, -0.1) is 0 Å². The Morgan fingerprint density at radius 3 is 2.29 bits per heavy atom. The van der Waals surface area contributed by atoms with Gasteiger partial charge in [0.2, 0.25) is 0 Å². The first kappa shape index (κ1) is 10.8. The second-order valence-corrected chi connectivity index (χ2v) is 7.44. The molecule has 0 amide bonds. The van der Waals surface area contributed by atoms with E-state index in [1.54, 1.807) is 25.7 Å². The molecule has 3 bridgehead atoms. The van der Waals surface area contributed by atoms with Gasteiger partial charge in [0.05, 0.1) is 0 Å². The fourth-order valence-electron chi connectivity index (χ4n) is 5.72. The van der Waals surface area contributed by atoms with Gasteiger partial charge in [-0.3, -0.25) is 0 Å². The smallest absolute Gasteiger partial charge is 0.0103 e. The van der Waals surface area contributed by atoms with Crippen LogP contribution in [0.15, 0.2) is 0 Å². The van der Waals surface area contributed by atoms with Crippen LogP contribution in [-0.4, -0.2) is 12.1 Å². The maximum atomic E-state index is 4.09. The normalized spacial score (nSPS) is 49.8. The Labute approximate surface area is 106 Å². The van der Waals surface area contributed by atoms with Crippen LogP contribution >= 0.6 is 0 Å². The molecule has 4 aliphatic carbocycles. The molecular weight excluding hydrogens is 206 g/mol. The molecule has 4 fully saturated rings. The van der Waals surface area contributed by atoms with Crippen molar-refractivity contribution in [2.24, 2.45) is 23.7 Å². The summed E-state index contributed by atoms with van der Waals surface area (Å²) < 4.78 is 0. The van der Waals surface area contributed by atoms with Gasteiger partial charge in [-0.2, -0.15) is 0 Å². The molecule has 0 radical (unpaired) electrons. The molecule has 0 aromatic carbocycles. The summed E-state index contributed by atoms with van der Waals surface area (Å²) in [5, 5.41) is 4.09. The van der Waals surface area contributed by atoms with Crippen LogP contribution in [-0.2, 0) is 0 Å². The summed E-state index contributed by atoms with van der Waals surface area (Å²) >= 11 is 0. The van der Waals surface area contributed by atoms with E-state index in [0.29, 0.717) is 0 Å². The first-order valence-electron chi connectivity index (χ1n) is 8.14. The summed E-state index contributed by atoms with van der Waals surface area (Å²) in [4.78, 5) is 0. The first-order valence-corrected chi connectivity index (χ1v) is 8.14. The van der Waals surface area contributed by atoms with Gasteiger partial charge in [-0.1, -0.05) is 19.3 Å². The van der Waals surface area contributed by atoms with Gasteiger partial charge in [0.15, 0.2) is 0 Å². The molecule has 17 heavy (non-hydrogen) atoms. The fraction of sp³-hybridized carbons (Fsp3) is 1.00. The topological polar surface area (TPSA) is 12.0 Å². The average molecular weight is 233 g/mol. The Kier molecular flexibility index (Phi) is 2.72. The van der Waals surface area contributed by atoms with Gasteiger partial charge in [0.25, 0.3) is 0 Å². The molecule has 0 aliphatic heterocycles. The third-order valence-electron chi connectivity index (χ3n) is 6.31. The van der Waals surface area contributed by atoms with Crippen molar-refractivity contribution in [3.63, 3.8) is 0 Å². The van der Waals surface area contributed by atoms with Crippen molar-refractivity contribution in [2.45, 2.75) is 76.3 Å². The van der Waals surface area contributed by atoms with Crippen molar-refractivity contribution < 1.29 is 0 Å².